The maximum Gasteiger partial charge on any atom is 0.271 e. The van der Waals surface area contributed by atoms with Gasteiger partial charge in [0.1, 0.15) is 0 Å². The number of H-pyrrole nitrogens is 2. The molecule has 0 amide bonds. The number of anilines is 1. The minimum absolute atomic E-state index is 0.219. The molecule has 20 heavy (non-hydrogen) atoms. The van der Waals surface area contributed by atoms with Crippen LogP contribution >= 0.6 is 23.2 Å². The number of aromatic amines is 2. The highest BCUT2D eigenvalue weighted by Crippen LogP contribution is 2.32. The smallest absolute Gasteiger partial charge is 0.271 e. The van der Waals surface area contributed by atoms with Crippen molar-refractivity contribution in [2.45, 2.75) is 6.42 Å². The second kappa shape index (κ2) is 4.89. The van der Waals surface area contributed by atoms with Crippen LogP contribution in [0.5, 0.6) is 0 Å². The van der Waals surface area contributed by atoms with Gasteiger partial charge in [0, 0.05) is 17.0 Å². The molecule has 1 aromatic heterocycles. The van der Waals surface area contributed by atoms with Gasteiger partial charge in [0.2, 0.25) is 0 Å². The first kappa shape index (κ1) is 13.1. The molecule has 0 aliphatic rings. The average Bonchev–Trinajstić information content (AvgIpc) is 2.78. The number of fused-ring (bicyclic) bond motifs is 1. The van der Waals surface area contributed by atoms with Gasteiger partial charge in [0.05, 0.1) is 21.6 Å². The van der Waals surface area contributed by atoms with Crippen molar-refractivity contribution in [1.82, 2.24) is 10.2 Å². The molecule has 0 bridgehead atoms. The lowest BCUT2D eigenvalue weighted by Gasteiger charge is -2.09. The first-order valence-electron chi connectivity index (χ1n) is 5.98. The molecule has 0 saturated heterocycles. The van der Waals surface area contributed by atoms with Gasteiger partial charge >= 0.3 is 0 Å². The molecule has 1 heterocycles. The number of halogens is 2. The molecule has 102 valence electrons. The fourth-order valence-electron chi connectivity index (χ4n) is 2.24. The van der Waals surface area contributed by atoms with E-state index in [4.69, 9.17) is 28.9 Å². The molecule has 0 saturated carbocycles. The maximum absolute atomic E-state index is 11.7. The molecule has 0 aliphatic carbocycles. The number of aromatic nitrogens is 2. The topological polar surface area (TPSA) is 74.7 Å². The third kappa shape index (κ3) is 2.07. The Labute approximate surface area is 124 Å². The molecule has 0 unspecified atom stereocenters. The van der Waals surface area contributed by atoms with Crippen molar-refractivity contribution in [3.63, 3.8) is 0 Å². The van der Waals surface area contributed by atoms with Crippen LogP contribution in [0.3, 0.4) is 0 Å². The Morgan fingerprint density at radius 1 is 1.15 bits per heavy atom. The van der Waals surface area contributed by atoms with Crippen molar-refractivity contribution >= 4 is 39.8 Å². The summed E-state index contributed by atoms with van der Waals surface area (Å²) >= 11 is 12.4. The van der Waals surface area contributed by atoms with E-state index in [0.717, 1.165) is 11.1 Å². The highest BCUT2D eigenvalue weighted by atomic mass is 35.5. The van der Waals surface area contributed by atoms with Crippen molar-refractivity contribution < 1.29 is 0 Å². The summed E-state index contributed by atoms with van der Waals surface area (Å²) in [5, 5.41) is 6.97. The molecule has 0 radical (unpaired) electrons. The van der Waals surface area contributed by atoms with E-state index in [-0.39, 0.29) is 5.56 Å². The van der Waals surface area contributed by atoms with Crippen LogP contribution in [0, 0.1) is 0 Å². The molecule has 0 atom stereocenters. The molecular weight excluding hydrogens is 297 g/mol. The number of nitrogens with one attached hydrogen (secondary N) is 2. The minimum Gasteiger partial charge on any atom is -0.397 e. The Morgan fingerprint density at radius 2 is 1.90 bits per heavy atom. The van der Waals surface area contributed by atoms with Crippen molar-refractivity contribution in [2.75, 3.05) is 5.73 Å². The largest absolute Gasteiger partial charge is 0.397 e. The van der Waals surface area contributed by atoms with Crippen LogP contribution in [0.25, 0.3) is 10.9 Å². The fraction of sp³-hybridized carbons (Fsp3) is 0.0714. The zero-order chi connectivity index (χ0) is 14.3. The van der Waals surface area contributed by atoms with Crippen molar-refractivity contribution in [1.29, 1.82) is 0 Å². The first-order chi connectivity index (χ1) is 9.58. The van der Waals surface area contributed by atoms with E-state index in [1.165, 1.54) is 0 Å². The van der Waals surface area contributed by atoms with E-state index in [2.05, 4.69) is 10.2 Å². The second-order valence-electron chi connectivity index (χ2n) is 4.53. The Balaban J connectivity index is 2.23. The van der Waals surface area contributed by atoms with Crippen LogP contribution < -0.4 is 11.3 Å². The van der Waals surface area contributed by atoms with Gasteiger partial charge in [-0.05, 0) is 17.7 Å². The molecule has 0 aliphatic heterocycles. The van der Waals surface area contributed by atoms with Gasteiger partial charge in [-0.15, -0.1) is 0 Å². The predicted molar refractivity (Wildman–Crippen MR) is 82.6 cm³/mol. The van der Waals surface area contributed by atoms with Gasteiger partial charge in [-0.3, -0.25) is 15.0 Å². The van der Waals surface area contributed by atoms with Crippen LogP contribution in [-0.2, 0) is 6.42 Å². The summed E-state index contributed by atoms with van der Waals surface area (Å²) in [4.78, 5) is 11.7. The number of nitrogens with two attached hydrogens (primary N) is 1. The average molecular weight is 308 g/mol. The van der Waals surface area contributed by atoms with E-state index in [0.29, 0.717) is 33.1 Å². The summed E-state index contributed by atoms with van der Waals surface area (Å²) in [6.07, 6.45) is 0.494. The van der Waals surface area contributed by atoms with Gasteiger partial charge in [-0.2, -0.15) is 0 Å². The maximum atomic E-state index is 11.7. The number of hydrogen-bond acceptors (Lipinski definition) is 2. The lowest BCUT2D eigenvalue weighted by molar-refractivity contribution is 1.07. The lowest BCUT2D eigenvalue weighted by atomic mass is 10.0. The van der Waals surface area contributed by atoms with Crippen LogP contribution in [0.15, 0.2) is 35.1 Å². The monoisotopic (exact) mass is 307 g/mol. The molecule has 4 nitrogen and oxygen atoms in total. The Morgan fingerprint density at radius 3 is 2.65 bits per heavy atom. The van der Waals surface area contributed by atoms with E-state index in [1.807, 2.05) is 24.3 Å². The highest BCUT2D eigenvalue weighted by molar-refractivity contribution is 6.35. The van der Waals surface area contributed by atoms with Gasteiger partial charge in [0.15, 0.2) is 0 Å². The summed E-state index contributed by atoms with van der Waals surface area (Å²) in [7, 11) is 0. The van der Waals surface area contributed by atoms with Crippen molar-refractivity contribution in [2.24, 2.45) is 0 Å². The zero-order valence-corrected chi connectivity index (χ0v) is 11.8. The number of nitrogen functional groups attached to an aromatic ring is 1. The SMILES string of the molecule is Nc1cc2c(=O)[nH][nH]c2c(Cc2ccccc2Cl)c1Cl. The third-order valence-electron chi connectivity index (χ3n) is 3.26. The van der Waals surface area contributed by atoms with E-state index >= 15 is 0 Å². The predicted octanol–water partition coefficient (Wildman–Crippen LogP) is 3.34. The van der Waals surface area contributed by atoms with Crippen LogP contribution in [0.4, 0.5) is 5.69 Å². The zero-order valence-electron chi connectivity index (χ0n) is 10.3. The number of benzene rings is 2. The standard InChI is InChI=1S/C14H11Cl2N3O/c15-10-4-2-1-3-7(10)5-8-12(16)11(17)6-9-13(8)18-19-14(9)20/h1-4,6H,5,17H2,(H2,18,19,20). The van der Waals surface area contributed by atoms with E-state index in [1.54, 1.807) is 6.07 Å². The number of rotatable bonds is 2. The Kier molecular flexibility index (Phi) is 3.20. The number of hydrogen-bond donors (Lipinski definition) is 3. The minimum atomic E-state index is -0.219. The first-order valence-corrected chi connectivity index (χ1v) is 6.74. The molecule has 6 heteroatoms. The summed E-state index contributed by atoms with van der Waals surface area (Å²) in [6.45, 7) is 0. The summed E-state index contributed by atoms with van der Waals surface area (Å²) in [5.41, 5.74) is 8.38. The van der Waals surface area contributed by atoms with Crippen LogP contribution in [0.1, 0.15) is 11.1 Å². The normalized spacial score (nSPS) is 11.1. The van der Waals surface area contributed by atoms with Gasteiger partial charge in [0.25, 0.3) is 5.56 Å². The molecule has 3 aromatic rings. The van der Waals surface area contributed by atoms with Crippen molar-refractivity contribution in [3.05, 3.63) is 61.9 Å². The molecule has 3 rings (SSSR count). The molecule has 0 fully saturated rings. The molecule has 0 spiro atoms. The molecular formula is C14H11Cl2N3O. The Bertz CT molecular complexity index is 851. The van der Waals surface area contributed by atoms with Gasteiger partial charge in [-0.25, -0.2) is 0 Å². The summed E-state index contributed by atoms with van der Waals surface area (Å²) in [6, 6.07) is 9.06. The molecule has 4 N–H and O–H groups in total. The van der Waals surface area contributed by atoms with E-state index < -0.39 is 0 Å². The van der Waals surface area contributed by atoms with Crippen molar-refractivity contribution in [3.8, 4) is 0 Å². The lowest BCUT2D eigenvalue weighted by Crippen LogP contribution is -2.00. The van der Waals surface area contributed by atoms with Gasteiger partial charge in [-0.1, -0.05) is 41.4 Å². The molecule has 2 aromatic carbocycles. The highest BCUT2D eigenvalue weighted by Gasteiger charge is 2.15. The summed E-state index contributed by atoms with van der Waals surface area (Å²) in [5.74, 6) is 0. The quantitative estimate of drug-likeness (QED) is 0.635. The van der Waals surface area contributed by atoms with Gasteiger partial charge < -0.3 is 5.73 Å². The van der Waals surface area contributed by atoms with Crippen LogP contribution in [-0.4, -0.2) is 10.2 Å². The van der Waals surface area contributed by atoms with Crippen LogP contribution in [0.2, 0.25) is 10.0 Å². The second-order valence-corrected chi connectivity index (χ2v) is 5.31. The summed E-state index contributed by atoms with van der Waals surface area (Å²) < 4.78 is 0. The Hall–Kier alpha value is -1.91. The third-order valence-corrected chi connectivity index (χ3v) is 4.08. The van der Waals surface area contributed by atoms with E-state index in [9.17, 15) is 4.79 Å². The fourth-order valence-corrected chi connectivity index (χ4v) is 2.66.